The van der Waals surface area contributed by atoms with Crippen molar-refractivity contribution in [3.05, 3.63) is 0 Å². The van der Waals surface area contributed by atoms with Crippen LogP contribution >= 0.6 is 7.14 Å². The predicted molar refractivity (Wildman–Crippen MR) is 43.0 cm³/mol. The molecule has 10 heavy (non-hydrogen) atoms. The molecule has 0 aromatic carbocycles. The van der Waals surface area contributed by atoms with Crippen LogP contribution in [0, 0.1) is 5.92 Å². The van der Waals surface area contributed by atoms with Gasteiger partial charge in [-0.05, 0) is 19.2 Å². The minimum Gasteiger partial charge on any atom is -0.361 e. The molecule has 60 valence electrons. The molecule has 1 heterocycles. The van der Waals surface area contributed by atoms with Crippen LogP contribution in [0.3, 0.4) is 0 Å². The average Bonchev–Trinajstić information content (AvgIpc) is 2.35. The Bertz CT molecular complexity index is 170. The summed E-state index contributed by atoms with van der Waals surface area (Å²) >= 11 is 0. The lowest BCUT2D eigenvalue weighted by Gasteiger charge is -2.01. The highest BCUT2D eigenvalue weighted by atomic mass is 31.2. The first-order valence-corrected chi connectivity index (χ1v) is 6.30. The van der Waals surface area contributed by atoms with Gasteiger partial charge in [0.2, 0.25) is 0 Å². The summed E-state index contributed by atoms with van der Waals surface area (Å²) in [5, 5.41) is 0. The summed E-state index contributed by atoms with van der Waals surface area (Å²) in [7, 11) is -1.96. The second-order valence-corrected chi connectivity index (χ2v) is 7.05. The molecule has 0 unspecified atom stereocenters. The molecule has 0 bridgehead atoms. The number of hydrogen-bond donors (Lipinski definition) is 0. The number of rotatable bonds is 2. The van der Waals surface area contributed by atoms with Crippen LogP contribution in [0.15, 0.2) is 0 Å². The number of ether oxygens (including phenoxy) is 1. The zero-order valence-corrected chi connectivity index (χ0v) is 7.89. The van der Waals surface area contributed by atoms with Gasteiger partial charge in [0, 0.05) is 0 Å². The van der Waals surface area contributed by atoms with Crippen molar-refractivity contribution in [3.8, 4) is 0 Å². The van der Waals surface area contributed by atoms with E-state index in [1.165, 1.54) is 0 Å². The van der Waals surface area contributed by atoms with Crippen molar-refractivity contribution in [1.29, 1.82) is 0 Å². The highest BCUT2D eigenvalue weighted by Gasteiger charge is 2.48. The zero-order valence-electron chi connectivity index (χ0n) is 7.00. The maximum Gasteiger partial charge on any atom is 0.137 e. The fraction of sp³-hybridized carbons (Fsp3) is 1.00. The first-order chi connectivity index (χ1) is 4.43. The van der Waals surface area contributed by atoms with Gasteiger partial charge >= 0.3 is 0 Å². The number of epoxide rings is 1. The highest BCUT2D eigenvalue weighted by Crippen LogP contribution is 2.55. The minimum atomic E-state index is -1.96. The SMILES string of the molecule is CC(C)[C@@H]1O[C@@H]1P(C)(C)=O. The largest absolute Gasteiger partial charge is 0.361 e. The lowest BCUT2D eigenvalue weighted by Crippen LogP contribution is -2.01. The Labute approximate surface area is 62.3 Å². The maximum absolute atomic E-state index is 11.4. The lowest BCUT2D eigenvalue weighted by molar-refractivity contribution is 0.348. The van der Waals surface area contributed by atoms with Crippen LogP contribution in [0.25, 0.3) is 0 Å². The van der Waals surface area contributed by atoms with Crippen molar-refractivity contribution in [2.24, 2.45) is 5.92 Å². The van der Waals surface area contributed by atoms with Crippen molar-refractivity contribution >= 4 is 7.14 Å². The van der Waals surface area contributed by atoms with E-state index in [0.29, 0.717) is 5.92 Å². The maximum atomic E-state index is 11.4. The molecule has 1 fully saturated rings. The summed E-state index contributed by atoms with van der Waals surface area (Å²) in [6.07, 6.45) is 0.265. The van der Waals surface area contributed by atoms with Gasteiger partial charge in [-0.15, -0.1) is 0 Å². The number of hydrogen-bond acceptors (Lipinski definition) is 2. The summed E-state index contributed by atoms with van der Waals surface area (Å²) in [4.78, 5) is 0. The van der Waals surface area contributed by atoms with Crippen LogP contribution in [0.4, 0.5) is 0 Å². The molecule has 2 atom stereocenters. The highest BCUT2D eigenvalue weighted by molar-refractivity contribution is 7.63. The van der Waals surface area contributed by atoms with Crippen molar-refractivity contribution in [2.45, 2.75) is 25.8 Å². The van der Waals surface area contributed by atoms with E-state index in [2.05, 4.69) is 13.8 Å². The molecule has 1 aliphatic heterocycles. The quantitative estimate of drug-likeness (QED) is 0.459. The normalized spacial score (nSPS) is 32.9. The van der Waals surface area contributed by atoms with Gasteiger partial charge in [-0.1, -0.05) is 13.8 Å². The first kappa shape index (κ1) is 8.29. The van der Waals surface area contributed by atoms with Crippen LogP contribution in [0.2, 0.25) is 0 Å². The van der Waals surface area contributed by atoms with Crippen LogP contribution < -0.4 is 0 Å². The van der Waals surface area contributed by atoms with Gasteiger partial charge in [-0.2, -0.15) is 0 Å². The minimum absolute atomic E-state index is 0.0625. The predicted octanol–water partition coefficient (Wildman–Crippen LogP) is 1.99. The molecule has 0 N–H and O–H groups in total. The third-order valence-electron chi connectivity index (χ3n) is 1.77. The molecule has 1 rings (SSSR count). The molecule has 0 aromatic heterocycles. The molecule has 0 radical (unpaired) electrons. The van der Waals surface area contributed by atoms with Crippen LogP contribution in [-0.2, 0) is 9.30 Å². The summed E-state index contributed by atoms with van der Waals surface area (Å²) in [6.45, 7) is 7.78. The van der Waals surface area contributed by atoms with E-state index in [0.717, 1.165) is 0 Å². The van der Waals surface area contributed by atoms with Crippen LogP contribution in [-0.4, -0.2) is 25.3 Å². The van der Waals surface area contributed by atoms with E-state index in [-0.39, 0.29) is 11.9 Å². The van der Waals surface area contributed by atoms with E-state index in [1.54, 1.807) is 13.3 Å². The van der Waals surface area contributed by atoms with Crippen molar-refractivity contribution < 1.29 is 9.30 Å². The van der Waals surface area contributed by atoms with Gasteiger partial charge in [0.25, 0.3) is 0 Å². The molecule has 0 saturated carbocycles. The van der Waals surface area contributed by atoms with E-state index >= 15 is 0 Å². The van der Waals surface area contributed by atoms with Crippen LogP contribution in [0.5, 0.6) is 0 Å². The smallest absolute Gasteiger partial charge is 0.137 e. The Balaban J connectivity index is 2.47. The zero-order chi connectivity index (χ0) is 7.94. The Morgan fingerprint density at radius 3 is 2.00 bits per heavy atom. The van der Waals surface area contributed by atoms with E-state index in [1.807, 2.05) is 0 Å². The summed E-state index contributed by atoms with van der Waals surface area (Å²) in [5.74, 6) is 0.575. The van der Waals surface area contributed by atoms with Gasteiger partial charge in [-0.25, -0.2) is 0 Å². The molecule has 3 heteroatoms. The third-order valence-corrected chi connectivity index (χ3v) is 3.41. The van der Waals surface area contributed by atoms with E-state index in [4.69, 9.17) is 4.74 Å². The van der Waals surface area contributed by atoms with E-state index < -0.39 is 7.14 Å². The fourth-order valence-corrected chi connectivity index (χ4v) is 2.59. The second kappa shape index (κ2) is 2.35. The van der Waals surface area contributed by atoms with Crippen molar-refractivity contribution in [3.63, 3.8) is 0 Å². The van der Waals surface area contributed by atoms with E-state index in [9.17, 15) is 4.57 Å². The van der Waals surface area contributed by atoms with Gasteiger partial charge in [-0.3, -0.25) is 0 Å². The Morgan fingerprint density at radius 1 is 1.40 bits per heavy atom. The molecule has 0 spiro atoms. The van der Waals surface area contributed by atoms with Gasteiger partial charge in [0.05, 0.1) is 6.10 Å². The third kappa shape index (κ3) is 1.62. The molecular weight excluding hydrogens is 147 g/mol. The van der Waals surface area contributed by atoms with Crippen molar-refractivity contribution in [2.75, 3.05) is 13.3 Å². The van der Waals surface area contributed by atoms with Gasteiger partial charge in [0.1, 0.15) is 13.0 Å². The summed E-state index contributed by atoms with van der Waals surface area (Å²) < 4.78 is 16.6. The molecule has 2 nitrogen and oxygen atoms in total. The van der Waals surface area contributed by atoms with Crippen molar-refractivity contribution in [1.82, 2.24) is 0 Å². The Morgan fingerprint density at radius 2 is 1.90 bits per heavy atom. The summed E-state index contributed by atoms with van der Waals surface area (Å²) in [5.41, 5.74) is 0. The van der Waals surface area contributed by atoms with Gasteiger partial charge < -0.3 is 9.30 Å². The molecule has 0 aromatic rings. The molecule has 0 amide bonds. The average molecular weight is 162 g/mol. The molecule has 1 aliphatic rings. The topological polar surface area (TPSA) is 29.6 Å². The second-order valence-electron chi connectivity index (χ2n) is 3.67. The lowest BCUT2D eigenvalue weighted by atomic mass is 10.2. The fourth-order valence-electron chi connectivity index (χ4n) is 1.10. The molecule has 0 aliphatic carbocycles. The Hall–Kier alpha value is 0.190. The molecule has 1 saturated heterocycles. The monoisotopic (exact) mass is 162 g/mol. The first-order valence-electron chi connectivity index (χ1n) is 3.63. The standard InChI is InChI=1S/C7H15O2P/c1-5(2)6-7(9-6)10(3,4)8/h5-7H,1-4H3/t6-,7+/m0/s1. The summed E-state index contributed by atoms with van der Waals surface area (Å²) in [6, 6.07) is 0. The molecular formula is C7H15O2P. The van der Waals surface area contributed by atoms with Crippen LogP contribution in [0.1, 0.15) is 13.8 Å². The Kier molecular flexibility index (Phi) is 1.95. The van der Waals surface area contributed by atoms with Gasteiger partial charge in [0.15, 0.2) is 0 Å².